The molecule has 158 valence electrons. The predicted octanol–water partition coefficient (Wildman–Crippen LogP) is 4.91. The van der Waals surface area contributed by atoms with E-state index in [1.165, 1.54) is 4.90 Å². The molecular formula is C26H20N2O4. The van der Waals surface area contributed by atoms with Gasteiger partial charge >= 0.3 is 0 Å². The Morgan fingerprint density at radius 1 is 1.06 bits per heavy atom. The highest BCUT2D eigenvalue weighted by molar-refractivity contribution is 6.16. The number of benzene rings is 2. The first-order valence-corrected chi connectivity index (χ1v) is 10.3. The summed E-state index contributed by atoms with van der Waals surface area (Å²) in [5, 5.41) is 11.6. The second kappa shape index (κ2) is 7.81. The van der Waals surface area contributed by atoms with Crippen LogP contribution in [0.5, 0.6) is 0 Å². The van der Waals surface area contributed by atoms with E-state index < -0.39 is 23.5 Å². The number of pyridine rings is 1. The third-order valence-corrected chi connectivity index (χ3v) is 5.78. The van der Waals surface area contributed by atoms with Gasteiger partial charge in [0.25, 0.3) is 5.91 Å². The molecule has 1 amide bonds. The molecule has 4 aromatic rings. The lowest BCUT2D eigenvalue weighted by molar-refractivity contribution is -0.130. The van der Waals surface area contributed by atoms with Crippen LogP contribution in [0.25, 0.3) is 11.0 Å². The van der Waals surface area contributed by atoms with Crippen LogP contribution in [0.4, 0.5) is 0 Å². The van der Waals surface area contributed by atoms with Gasteiger partial charge in [0.05, 0.1) is 11.6 Å². The smallest absolute Gasteiger partial charge is 0.290 e. The number of aromatic nitrogens is 1. The van der Waals surface area contributed by atoms with Crippen molar-refractivity contribution in [3.63, 3.8) is 0 Å². The Labute approximate surface area is 184 Å². The average Bonchev–Trinajstić information content (AvgIpc) is 3.35. The quantitative estimate of drug-likeness (QED) is 0.460. The van der Waals surface area contributed by atoms with Crippen LogP contribution in [0, 0.1) is 6.92 Å². The molecule has 0 saturated carbocycles. The van der Waals surface area contributed by atoms with Gasteiger partial charge in [-0.05, 0) is 47.9 Å². The van der Waals surface area contributed by atoms with Crippen LogP contribution in [0.15, 0.2) is 94.9 Å². The van der Waals surface area contributed by atoms with Gasteiger partial charge < -0.3 is 14.4 Å². The number of furan rings is 1. The minimum Gasteiger partial charge on any atom is -0.503 e. The van der Waals surface area contributed by atoms with E-state index in [9.17, 15) is 14.7 Å². The monoisotopic (exact) mass is 424 g/mol. The van der Waals surface area contributed by atoms with Crippen molar-refractivity contribution in [1.82, 2.24) is 9.88 Å². The topological polar surface area (TPSA) is 83.6 Å². The lowest BCUT2D eigenvalue weighted by Crippen LogP contribution is -2.31. The number of aliphatic hydroxyl groups excluding tert-OH is 1. The van der Waals surface area contributed by atoms with Crippen LogP contribution >= 0.6 is 0 Å². The van der Waals surface area contributed by atoms with Crippen LogP contribution < -0.4 is 0 Å². The summed E-state index contributed by atoms with van der Waals surface area (Å²) in [6.45, 7) is 2.14. The maximum atomic E-state index is 13.6. The molecule has 0 aliphatic carbocycles. The zero-order chi connectivity index (χ0) is 22.2. The number of aliphatic hydroxyl groups is 1. The SMILES string of the molecule is Cc1ccccc1C1C(C(=O)c2cc3ccccc3o2)=C(O)C(=O)N1Cc1ccncc1. The Kier molecular flexibility index (Phi) is 4.82. The zero-order valence-corrected chi connectivity index (χ0v) is 17.4. The maximum absolute atomic E-state index is 13.6. The van der Waals surface area contributed by atoms with Gasteiger partial charge in [0.2, 0.25) is 5.78 Å². The molecule has 3 heterocycles. The number of para-hydroxylation sites is 1. The highest BCUT2D eigenvalue weighted by Gasteiger charge is 2.45. The molecule has 0 fully saturated rings. The minimum atomic E-state index is -0.738. The van der Waals surface area contributed by atoms with Crippen molar-refractivity contribution in [2.45, 2.75) is 19.5 Å². The Hall–Kier alpha value is -4.19. The van der Waals surface area contributed by atoms with E-state index in [4.69, 9.17) is 4.42 Å². The van der Waals surface area contributed by atoms with E-state index in [1.807, 2.05) is 49.4 Å². The summed E-state index contributed by atoms with van der Waals surface area (Å²) < 4.78 is 5.76. The first-order chi connectivity index (χ1) is 15.5. The molecule has 0 spiro atoms. The summed E-state index contributed by atoms with van der Waals surface area (Å²) in [7, 11) is 0. The van der Waals surface area contributed by atoms with Gasteiger partial charge in [-0.1, -0.05) is 42.5 Å². The molecule has 1 aliphatic rings. The molecule has 1 atom stereocenters. The standard InChI is InChI=1S/C26H20N2O4/c1-16-6-2-4-8-19(16)23-22(24(29)21-14-18-7-3-5-9-20(18)32-21)25(30)26(31)28(23)15-17-10-12-27-13-11-17/h2-14,23,30H,15H2,1H3. The fraction of sp³-hybridized carbons (Fsp3) is 0.115. The molecule has 2 aromatic heterocycles. The predicted molar refractivity (Wildman–Crippen MR) is 119 cm³/mol. The largest absolute Gasteiger partial charge is 0.503 e. The summed E-state index contributed by atoms with van der Waals surface area (Å²) in [5.41, 5.74) is 3.13. The van der Waals surface area contributed by atoms with Crippen molar-refractivity contribution in [2.24, 2.45) is 0 Å². The van der Waals surface area contributed by atoms with E-state index in [0.717, 1.165) is 22.1 Å². The Balaban J connectivity index is 1.62. The normalized spacial score (nSPS) is 16.2. The summed E-state index contributed by atoms with van der Waals surface area (Å²) in [6.07, 6.45) is 3.29. The molecule has 0 saturated heterocycles. The first-order valence-electron chi connectivity index (χ1n) is 10.3. The van der Waals surface area contributed by atoms with E-state index in [-0.39, 0.29) is 17.9 Å². The summed E-state index contributed by atoms with van der Waals surface area (Å²) in [4.78, 5) is 32.2. The number of hydrogen-bond acceptors (Lipinski definition) is 5. The third kappa shape index (κ3) is 3.26. The van der Waals surface area contributed by atoms with Crippen LogP contribution in [0.3, 0.4) is 0 Å². The lowest BCUT2D eigenvalue weighted by Gasteiger charge is -2.27. The van der Waals surface area contributed by atoms with Crippen molar-refractivity contribution >= 4 is 22.7 Å². The fourth-order valence-corrected chi connectivity index (χ4v) is 4.18. The van der Waals surface area contributed by atoms with E-state index >= 15 is 0 Å². The average molecular weight is 424 g/mol. The molecule has 32 heavy (non-hydrogen) atoms. The van der Waals surface area contributed by atoms with Gasteiger partial charge in [-0.3, -0.25) is 14.6 Å². The van der Waals surface area contributed by atoms with Gasteiger partial charge in [-0.15, -0.1) is 0 Å². The lowest BCUT2D eigenvalue weighted by atomic mass is 9.92. The highest BCUT2D eigenvalue weighted by atomic mass is 16.3. The Bertz CT molecular complexity index is 1340. The third-order valence-electron chi connectivity index (χ3n) is 5.78. The summed E-state index contributed by atoms with van der Waals surface area (Å²) >= 11 is 0. The van der Waals surface area contributed by atoms with Crippen molar-refractivity contribution in [3.05, 3.63) is 113 Å². The second-order valence-electron chi connectivity index (χ2n) is 7.79. The number of nitrogens with zero attached hydrogens (tertiary/aromatic N) is 2. The summed E-state index contributed by atoms with van der Waals surface area (Å²) in [6, 6.07) is 19.4. The number of fused-ring (bicyclic) bond motifs is 1. The number of carbonyl (C=O) groups excluding carboxylic acids is 2. The van der Waals surface area contributed by atoms with Gasteiger partial charge in [0, 0.05) is 24.3 Å². The van der Waals surface area contributed by atoms with Crippen LogP contribution in [-0.2, 0) is 11.3 Å². The van der Waals surface area contributed by atoms with Gasteiger partial charge in [0.15, 0.2) is 11.5 Å². The van der Waals surface area contributed by atoms with Gasteiger partial charge in [-0.2, -0.15) is 0 Å². The maximum Gasteiger partial charge on any atom is 0.290 e. The number of aryl methyl sites for hydroxylation is 1. The molecular weight excluding hydrogens is 404 g/mol. The number of carbonyl (C=O) groups is 2. The van der Waals surface area contributed by atoms with E-state index in [0.29, 0.717) is 5.58 Å². The summed E-state index contributed by atoms with van der Waals surface area (Å²) in [5.74, 6) is -1.55. The number of ketones is 1. The highest BCUT2D eigenvalue weighted by Crippen LogP contribution is 2.41. The molecule has 1 N–H and O–H groups in total. The molecule has 6 heteroatoms. The molecule has 6 nitrogen and oxygen atoms in total. The second-order valence-corrected chi connectivity index (χ2v) is 7.79. The molecule has 1 aliphatic heterocycles. The number of rotatable bonds is 5. The van der Waals surface area contributed by atoms with E-state index in [1.54, 1.807) is 36.7 Å². The molecule has 2 aromatic carbocycles. The number of amides is 1. The number of hydrogen-bond donors (Lipinski definition) is 1. The Morgan fingerprint density at radius 3 is 2.53 bits per heavy atom. The van der Waals surface area contributed by atoms with Gasteiger partial charge in [-0.25, -0.2) is 0 Å². The van der Waals surface area contributed by atoms with Crippen LogP contribution in [0.1, 0.15) is 33.3 Å². The first kappa shape index (κ1) is 19.8. The van der Waals surface area contributed by atoms with Crippen molar-refractivity contribution in [1.29, 1.82) is 0 Å². The van der Waals surface area contributed by atoms with Crippen molar-refractivity contribution in [2.75, 3.05) is 0 Å². The van der Waals surface area contributed by atoms with Crippen LogP contribution in [-0.4, -0.2) is 26.7 Å². The fourth-order valence-electron chi connectivity index (χ4n) is 4.18. The number of Topliss-reactive ketones (excluding diaryl/α,β-unsaturated/α-hetero) is 1. The van der Waals surface area contributed by atoms with Crippen molar-refractivity contribution < 1.29 is 19.1 Å². The van der Waals surface area contributed by atoms with Crippen molar-refractivity contribution in [3.8, 4) is 0 Å². The molecule has 0 bridgehead atoms. The Morgan fingerprint density at radius 2 is 1.78 bits per heavy atom. The van der Waals surface area contributed by atoms with E-state index in [2.05, 4.69) is 4.98 Å². The minimum absolute atomic E-state index is 0.0254. The van der Waals surface area contributed by atoms with Gasteiger partial charge in [0.1, 0.15) is 5.58 Å². The molecule has 1 unspecified atom stereocenters. The van der Waals surface area contributed by atoms with Crippen LogP contribution in [0.2, 0.25) is 0 Å². The molecule has 5 rings (SSSR count). The molecule has 0 radical (unpaired) electrons. The zero-order valence-electron chi connectivity index (χ0n) is 17.4.